The van der Waals surface area contributed by atoms with Crippen LogP contribution < -0.4 is 0 Å². The van der Waals surface area contributed by atoms with E-state index in [2.05, 4.69) is 34.6 Å². The smallest absolute Gasteiger partial charge is 0.0334 e. The van der Waals surface area contributed by atoms with Gasteiger partial charge in [0.2, 0.25) is 0 Å². The topological polar surface area (TPSA) is 0 Å². The van der Waals surface area contributed by atoms with Gasteiger partial charge in [0.05, 0.1) is 0 Å². The molecule has 1 fully saturated rings. The summed E-state index contributed by atoms with van der Waals surface area (Å²) in [6.07, 6.45) is 4.23. The van der Waals surface area contributed by atoms with Crippen LogP contribution in [-0.4, -0.2) is 0 Å². The lowest BCUT2D eigenvalue weighted by atomic mass is 9.59. The van der Waals surface area contributed by atoms with Gasteiger partial charge in [-0.3, -0.25) is 0 Å². The zero-order valence-electron chi connectivity index (χ0n) is 10.0. The van der Waals surface area contributed by atoms with Gasteiger partial charge < -0.3 is 0 Å². The van der Waals surface area contributed by atoms with E-state index in [9.17, 15) is 0 Å². The van der Waals surface area contributed by atoms with Crippen LogP contribution in [0.4, 0.5) is 0 Å². The molecule has 13 heavy (non-hydrogen) atoms. The quantitative estimate of drug-likeness (QED) is 0.606. The molecule has 1 aliphatic carbocycles. The Morgan fingerprint density at radius 1 is 1.15 bits per heavy atom. The first-order chi connectivity index (χ1) is 6.07. The van der Waals surface area contributed by atoms with Gasteiger partial charge in [-0.25, -0.2) is 0 Å². The van der Waals surface area contributed by atoms with Gasteiger partial charge in [0, 0.05) is 0 Å². The summed E-state index contributed by atoms with van der Waals surface area (Å²) in [5.74, 6) is 4.87. The average molecular weight is 182 g/mol. The third-order valence-electron chi connectivity index (χ3n) is 4.31. The molecule has 1 rings (SSSR count). The molecule has 0 saturated heterocycles. The lowest BCUT2D eigenvalue weighted by Gasteiger charge is -2.47. The zero-order chi connectivity index (χ0) is 10.0. The van der Waals surface area contributed by atoms with Crippen LogP contribution in [0.3, 0.4) is 0 Å². The van der Waals surface area contributed by atoms with Crippen molar-refractivity contribution < 1.29 is 0 Å². The Labute approximate surface area is 84.1 Å². The van der Waals surface area contributed by atoms with Crippen LogP contribution in [0, 0.1) is 29.6 Å². The molecule has 78 valence electrons. The van der Waals surface area contributed by atoms with Crippen molar-refractivity contribution in [3.05, 3.63) is 0 Å². The van der Waals surface area contributed by atoms with Crippen molar-refractivity contribution in [1.82, 2.24) is 0 Å². The highest BCUT2D eigenvalue weighted by Gasteiger charge is 2.39. The largest absolute Gasteiger partial charge is 0.0654 e. The molecule has 0 spiro atoms. The molecule has 4 unspecified atom stereocenters. The molecule has 0 amide bonds. The fourth-order valence-electron chi connectivity index (χ4n) is 3.40. The van der Waals surface area contributed by atoms with Crippen molar-refractivity contribution >= 4 is 0 Å². The van der Waals surface area contributed by atoms with Gasteiger partial charge in [0.15, 0.2) is 0 Å². The Balaban J connectivity index is 2.41. The lowest BCUT2D eigenvalue weighted by molar-refractivity contribution is 0.0242. The Kier molecular flexibility index (Phi) is 3.82. The summed E-state index contributed by atoms with van der Waals surface area (Å²) in [6, 6.07) is 0. The molecule has 0 aromatic carbocycles. The van der Waals surface area contributed by atoms with Crippen LogP contribution in [0.2, 0.25) is 0 Å². The van der Waals surface area contributed by atoms with Crippen LogP contribution in [0.1, 0.15) is 53.9 Å². The Morgan fingerprint density at radius 2 is 1.69 bits per heavy atom. The zero-order valence-corrected chi connectivity index (χ0v) is 10.0. The van der Waals surface area contributed by atoms with Crippen molar-refractivity contribution in [3.63, 3.8) is 0 Å². The molecule has 0 nitrogen and oxygen atoms in total. The highest BCUT2D eigenvalue weighted by atomic mass is 14.4. The second-order valence-corrected chi connectivity index (χ2v) is 5.39. The number of hydrogen-bond acceptors (Lipinski definition) is 0. The van der Waals surface area contributed by atoms with Gasteiger partial charge in [-0.05, 0) is 36.0 Å². The molecule has 0 aromatic heterocycles. The van der Waals surface area contributed by atoms with E-state index in [1.807, 2.05) is 0 Å². The van der Waals surface area contributed by atoms with E-state index in [1.165, 1.54) is 19.3 Å². The van der Waals surface area contributed by atoms with Crippen LogP contribution in [0.5, 0.6) is 0 Å². The Hall–Kier alpha value is 0. The van der Waals surface area contributed by atoms with Gasteiger partial charge in [0.25, 0.3) is 0 Å². The summed E-state index contributed by atoms with van der Waals surface area (Å²) in [4.78, 5) is 0. The molecule has 0 bridgehead atoms. The van der Waals surface area contributed by atoms with Gasteiger partial charge in [-0.15, -0.1) is 0 Å². The summed E-state index contributed by atoms with van der Waals surface area (Å²) in [7, 11) is 0. The third-order valence-corrected chi connectivity index (χ3v) is 4.31. The van der Waals surface area contributed by atoms with Gasteiger partial charge in [0.1, 0.15) is 0 Å². The molecule has 1 aliphatic rings. The van der Waals surface area contributed by atoms with Crippen LogP contribution >= 0.6 is 0 Å². The molecule has 0 aromatic rings. The first kappa shape index (κ1) is 11.1. The van der Waals surface area contributed by atoms with Gasteiger partial charge in [-0.2, -0.15) is 0 Å². The lowest BCUT2D eigenvalue weighted by Crippen LogP contribution is -2.39. The van der Waals surface area contributed by atoms with Crippen LogP contribution in [0.25, 0.3) is 0 Å². The fraction of sp³-hybridized carbons (Fsp3) is 1.00. The molecule has 0 radical (unpaired) electrons. The average Bonchev–Trinajstić information content (AvgIpc) is 2.04. The van der Waals surface area contributed by atoms with Crippen molar-refractivity contribution in [3.8, 4) is 0 Å². The van der Waals surface area contributed by atoms with Crippen molar-refractivity contribution in [1.29, 1.82) is 0 Å². The van der Waals surface area contributed by atoms with Crippen LogP contribution in [-0.2, 0) is 0 Å². The maximum atomic E-state index is 2.47. The molecule has 4 atom stereocenters. The highest BCUT2D eigenvalue weighted by molar-refractivity contribution is 4.88. The van der Waals surface area contributed by atoms with E-state index in [4.69, 9.17) is 0 Å². The van der Waals surface area contributed by atoms with Crippen LogP contribution in [0.15, 0.2) is 0 Å². The van der Waals surface area contributed by atoms with Crippen molar-refractivity contribution in [2.24, 2.45) is 29.6 Å². The summed E-state index contributed by atoms with van der Waals surface area (Å²) < 4.78 is 0. The molecule has 0 aliphatic heterocycles. The minimum absolute atomic E-state index is 0.931. The van der Waals surface area contributed by atoms with E-state index in [0.29, 0.717) is 0 Å². The van der Waals surface area contributed by atoms with Crippen molar-refractivity contribution in [2.45, 2.75) is 53.9 Å². The summed E-state index contributed by atoms with van der Waals surface area (Å²) >= 11 is 0. The standard InChI is InChI=1S/C13H26/c1-6-7-9(2)12(5)13-10(3)8-11(13)4/h9-13H,6-8H2,1-5H3. The van der Waals surface area contributed by atoms with E-state index in [0.717, 1.165) is 29.6 Å². The molecule has 0 heterocycles. The minimum atomic E-state index is 0.931. The third kappa shape index (κ3) is 2.27. The maximum absolute atomic E-state index is 2.47. The van der Waals surface area contributed by atoms with E-state index >= 15 is 0 Å². The number of rotatable bonds is 4. The Morgan fingerprint density at radius 3 is 2.08 bits per heavy atom. The maximum Gasteiger partial charge on any atom is -0.0334 e. The second-order valence-electron chi connectivity index (χ2n) is 5.39. The molecular weight excluding hydrogens is 156 g/mol. The molecular formula is C13H26. The summed E-state index contributed by atoms with van der Waals surface area (Å²) in [5, 5.41) is 0. The predicted octanol–water partition coefficient (Wildman–Crippen LogP) is 4.35. The Bertz CT molecular complexity index is 142. The fourth-order valence-corrected chi connectivity index (χ4v) is 3.40. The number of hydrogen-bond donors (Lipinski definition) is 0. The van der Waals surface area contributed by atoms with E-state index in [-0.39, 0.29) is 0 Å². The van der Waals surface area contributed by atoms with Crippen molar-refractivity contribution in [2.75, 3.05) is 0 Å². The van der Waals surface area contributed by atoms with E-state index < -0.39 is 0 Å². The monoisotopic (exact) mass is 182 g/mol. The molecule has 0 heteroatoms. The molecule has 0 N–H and O–H groups in total. The first-order valence-electron chi connectivity index (χ1n) is 6.07. The van der Waals surface area contributed by atoms with E-state index in [1.54, 1.807) is 0 Å². The SMILES string of the molecule is CCCC(C)C(C)C1C(C)CC1C. The summed E-state index contributed by atoms with van der Waals surface area (Å²) in [6.45, 7) is 12.1. The molecule has 1 saturated carbocycles. The second kappa shape index (κ2) is 4.48. The predicted molar refractivity (Wildman–Crippen MR) is 59.7 cm³/mol. The summed E-state index contributed by atoms with van der Waals surface area (Å²) in [5.41, 5.74) is 0. The first-order valence-corrected chi connectivity index (χ1v) is 6.07. The van der Waals surface area contributed by atoms with Gasteiger partial charge >= 0.3 is 0 Å². The highest BCUT2D eigenvalue weighted by Crippen LogP contribution is 2.47. The normalized spacial score (nSPS) is 38.1. The minimum Gasteiger partial charge on any atom is -0.0654 e. The van der Waals surface area contributed by atoms with Gasteiger partial charge in [-0.1, -0.05) is 47.5 Å².